The van der Waals surface area contributed by atoms with E-state index in [4.69, 9.17) is 4.55 Å². The Bertz CT molecular complexity index is 217. The lowest BCUT2D eigenvalue weighted by Gasteiger charge is -2.22. The van der Waals surface area contributed by atoms with Crippen LogP contribution in [-0.2, 0) is 15.9 Å². The van der Waals surface area contributed by atoms with Crippen LogP contribution in [0, 0.1) is 5.92 Å². The second-order valence-corrected chi connectivity index (χ2v) is 4.39. The molecule has 0 aromatic carbocycles. The Labute approximate surface area is 85.9 Å². The summed E-state index contributed by atoms with van der Waals surface area (Å²) in [5.74, 6) is -0.151. The minimum Gasteiger partial charge on any atom is -0.355 e. The van der Waals surface area contributed by atoms with Gasteiger partial charge in [0.1, 0.15) is 5.75 Å². The minimum atomic E-state index is -2.03. The molecule has 0 aromatic heterocycles. The highest BCUT2D eigenvalue weighted by Gasteiger charge is 2.14. The van der Waals surface area contributed by atoms with E-state index < -0.39 is 11.1 Å². The van der Waals surface area contributed by atoms with Crippen LogP contribution in [0.25, 0.3) is 0 Å². The largest absolute Gasteiger partial charge is 0.355 e. The van der Waals surface area contributed by atoms with Crippen molar-refractivity contribution >= 4 is 17.0 Å². The zero-order chi connectivity index (χ0) is 10.4. The number of hydrogen-bond donors (Lipinski definition) is 3. The zero-order valence-corrected chi connectivity index (χ0v) is 8.81. The summed E-state index contributed by atoms with van der Waals surface area (Å²) in [6.45, 7) is 2.61. The molecule has 0 aromatic rings. The molecular weight excluding hydrogens is 204 g/mol. The average Bonchev–Trinajstić information content (AvgIpc) is 2.15. The van der Waals surface area contributed by atoms with Gasteiger partial charge in [-0.3, -0.25) is 4.79 Å². The number of rotatable bonds is 4. The predicted molar refractivity (Wildman–Crippen MR) is 54.2 cm³/mol. The quantitative estimate of drug-likeness (QED) is 0.549. The molecule has 14 heavy (non-hydrogen) atoms. The fraction of sp³-hybridized carbons (Fsp3) is 0.875. The summed E-state index contributed by atoms with van der Waals surface area (Å²) in [6.07, 6.45) is 2.12. The lowest BCUT2D eigenvalue weighted by Crippen LogP contribution is -2.37. The first-order chi connectivity index (χ1) is 6.68. The highest BCUT2D eigenvalue weighted by Crippen LogP contribution is 2.09. The van der Waals surface area contributed by atoms with Gasteiger partial charge >= 0.3 is 0 Å². The van der Waals surface area contributed by atoms with Crippen LogP contribution in [0.5, 0.6) is 0 Å². The molecule has 1 amide bonds. The van der Waals surface area contributed by atoms with Crippen molar-refractivity contribution in [2.45, 2.75) is 12.8 Å². The van der Waals surface area contributed by atoms with Crippen molar-refractivity contribution in [3.63, 3.8) is 0 Å². The summed E-state index contributed by atoms with van der Waals surface area (Å²) in [5, 5.41) is 5.90. The van der Waals surface area contributed by atoms with Gasteiger partial charge in [0.15, 0.2) is 11.1 Å². The standard InChI is InChI=1S/C8H16N2O3S/c11-8(6-14(12)13)10-5-7-1-3-9-4-2-7/h7,9H,1-6H2,(H,10,11)(H,12,13). The van der Waals surface area contributed by atoms with E-state index in [1.54, 1.807) is 0 Å². The molecule has 3 N–H and O–H groups in total. The van der Waals surface area contributed by atoms with Gasteiger partial charge < -0.3 is 15.2 Å². The summed E-state index contributed by atoms with van der Waals surface area (Å²) >= 11 is -2.03. The Morgan fingerprint density at radius 3 is 2.71 bits per heavy atom. The molecule has 6 heteroatoms. The van der Waals surface area contributed by atoms with E-state index in [2.05, 4.69) is 10.6 Å². The molecule has 1 unspecified atom stereocenters. The highest BCUT2D eigenvalue weighted by atomic mass is 32.2. The molecule has 1 aliphatic heterocycles. The van der Waals surface area contributed by atoms with Crippen molar-refractivity contribution in [3.05, 3.63) is 0 Å². The Morgan fingerprint density at radius 2 is 2.14 bits per heavy atom. The Balaban J connectivity index is 2.12. The molecule has 1 rings (SSSR count). The van der Waals surface area contributed by atoms with Gasteiger partial charge in [-0.15, -0.1) is 0 Å². The van der Waals surface area contributed by atoms with E-state index in [9.17, 15) is 9.00 Å². The minimum absolute atomic E-state index is 0.315. The first kappa shape index (κ1) is 11.6. The molecule has 1 saturated heterocycles. The van der Waals surface area contributed by atoms with Crippen molar-refractivity contribution in [1.82, 2.24) is 10.6 Å². The van der Waals surface area contributed by atoms with Gasteiger partial charge in [0, 0.05) is 6.54 Å². The van der Waals surface area contributed by atoms with Crippen molar-refractivity contribution in [2.24, 2.45) is 5.92 Å². The van der Waals surface area contributed by atoms with Crippen LogP contribution in [-0.4, -0.2) is 40.1 Å². The van der Waals surface area contributed by atoms with E-state index in [1.807, 2.05) is 0 Å². The van der Waals surface area contributed by atoms with Crippen molar-refractivity contribution in [3.8, 4) is 0 Å². The van der Waals surface area contributed by atoms with Gasteiger partial charge in [0.25, 0.3) is 0 Å². The second kappa shape index (κ2) is 6.10. The molecular formula is C8H16N2O3S. The Hall–Kier alpha value is -0.460. The molecule has 1 atom stereocenters. The van der Waals surface area contributed by atoms with Gasteiger partial charge in [-0.1, -0.05) is 0 Å². The number of amides is 1. The van der Waals surface area contributed by atoms with Gasteiger partial charge in [-0.05, 0) is 31.8 Å². The summed E-state index contributed by atoms with van der Waals surface area (Å²) < 4.78 is 18.8. The molecule has 0 spiro atoms. The smallest absolute Gasteiger partial charge is 0.235 e. The third kappa shape index (κ3) is 4.69. The normalized spacial score (nSPS) is 20.4. The fourth-order valence-corrected chi connectivity index (χ4v) is 1.83. The first-order valence-corrected chi connectivity index (χ1v) is 6.01. The van der Waals surface area contributed by atoms with Crippen molar-refractivity contribution in [1.29, 1.82) is 0 Å². The van der Waals surface area contributed by atoms with E-state index in [0.29, 0.717) is 12.5 Å². The molecule has 0 aliphatic carbocycles. The van der Waals surface area contributed by atoms with Crippen LogP contribution in [0.4, 0.5) is 0 Å². The third-order valence-corrected chi connectivity index (χ3v) is 2.81. The molecule has 82 valence electrons. The number of nitrogens with one attached hydrogen (secondary N) is 2. The van der Waals surface area contributed by atoms with E-state index in [0.717, 1.165) is 25.9 Å². The topological polar surface area (TPSA) is 78.4 Å². The Morgan fingerprint density at radius 1 is 1.50 bits per heavy atom. The maximum atomic E-state index is 11.0. The maximum absolute atomic E-state index is 11.0. The average molecular weight is 220 g/mol. The number of carbonyl (C=O) groups excluding carboxylic acids is 1. The molecule has 1 fully saturated rings. The monoisotopic (exact) mass is 220 g/mol. The second-order valence-electron chi connectivity index (χ2n) is 3.46. The first-order valence-electron chi connectivity index (χ1n) is 4.73. The summed E-state index contributed by atoms with van der Waals surface area (Å²) in [5.41, 5.74) is 0. The third-order valence-electron chi connectivity index (χ3n) is 2.30. The summed E-state index contributed by atoms with van der Waals surface area (Å²) in [7, 11) is 0. The van der Waals surface area contributed by atoms with Gasteiger partial charge in [-0.2, -0.15) is 0 Å². The fourth-order valence-electron chi connectivity index (χ4n) is 1.51. The van der Waals surface area contributed by atoms with Crippen LogP contribution in [0.1, 0.15) is 12.8 Å². The van der Waals surface area contributed by atoms with Crippen LogP contribution >= 0.6 is 0 Å². The van der Waals surface area contributed by atoms with Gasteiger partial charge in [0.2, 0.25) is 5.91 Å². The van der Waals surface area contributed by atoms with E-state index in [-0.39, 0.29) is 11.7 Å². The lowest BCUT2D eigenvalue weighted by atomic mass is 9.98. The summed E-state index contributed by atoms with van der Waals surface area (Å²) in [4.78, 5) is 11.0. The molecule has 1 heterocycles. The van der Waals surface area contributed by atoms with Crippen LogP contribution in [0.2, 0.25) is 0 Å². The van der Waals surface area contributed by atoms with Gasteiger partial charge in [-0.25, -0.2) is 4.21 Å². The Kier molecular flexibility index (Phi) is 5.06. The van der Waals surface area contributed by atoms with Crippen LogP contribution in [0.15, 0.2) is 0 Å². The molecule has 5 nitrogen and oxygen atoms in total. The highest BCUT2D eigenvalue weighted by molar-refractivity contribution is 7.80. The number of piperidine rings is 1. The predicted octanol–water partition coefficient (Wildman–Crippen LogP) is -0.676. The van der Waals surface area contributed by atoms with Crippen LogP contribution in [0.3, 0.4) is 0 Å². The molecule has 1 aliphatic rings. The van der Waals surface area contributed by atoms with Crippen LogP contribution < -0.4 is 10.6 Å². The molecule has 0 radical (unpaired) electrons. The molecule has 0 bridgehead atoms. The number of hydrogen-bond acceptors (Lipinski definition) is 3. The SMILES string of the molecule is O=C(CS(=O)O)NCC1CCNCC1. The lowest BCUT2D eigenvalue weighted by molar-refractivity contribution is -0.118. The summed E-state index contributed by atoms with van der Waals surface area (Å²) in [6, 6.07) is 0. The van der Waals surface area contributed by atoms with E-state index in [1.165, 1.54) is 0 Å². The van der Waals surface area contributed by atoms with E-state index >= 15 is 0 Å². The number of carbonyl (C=O) groups is 1. The van der Waals surface area contributed by atoms with Crippen molar-refractivity contribution < 1.29 is 13.6 Å². The van der Waals surface area contributed by atoms with Gasteiger partial charge in [0.05, 0.1) is 0 Å². The molecule has 0 saturated carbocycles. The maximum Gasteiger partial charge on any atom is 0.235 e. The zero-order valence-electron chi connectivity index (χ0n) is 7.99. The van der Waals surface area contributed by atoms with Crippen molar-refractivity contribution in [2.75, 3.05) is 25.4 Å².